The summed E-state index contributed by atoms with van der Waals surface area (Å²) in [6.07, 6.45) is 0.0741. The number of amides is 1. The highest BCUT2D eigenvalue weighted by Gasteiger charge is 2.25. The number of rotatable bonds is 4. The number of carbonyl (C=O) groups is 1. The van der Waals surface area contributed by atoms with Crippen molar-refractivity contribution in [1.82, 2.24) is 10.2 Å². The second-order valence-corrected chi connectivity index (χ2v) is 5.12. The topological polar surface area (TPSA) is 78.6 Å². The minimum Gasteiger partial charge on any atom is -0.390 e. The van der Waals surface area contributed by atoms with Crippen molar-refractivity contribution < 1.29 is 14.3 Å². The van der Waals surface area contributed by atoms with E-state index in [4.69, 9.17) is 5.73 Å². The van der Waals surface area contributed by atoms with E-state index in [-0.39, 0.29) is 30.9 Å². The van der Waals surface area contributed by atoms with Gasteiger partial charge in [-0.3, -0.25) is 9.69 Å². The minimum atomic E-state index is -0.594. The van der Waals surface area contributed by atoms with Gasteiger partial charge in [0, 0.05) is 31.2 Å². The zero-order valence-electron chi connectivity index (χ0n) is 11.3. The van der Waals surface area contributed by atoms with E-state index in [0.29, 0.717) is 25.1 Å². The molecule has 1 fully saturated rings. The fourth-order valence-electron chi connectivity index (χ4n) is 2.25. The molecule has 5 nitrogen and oxygen atoms in total. The first kappa shape index (κ1) is 14.9. The van der Waals surface area contributed by atoms with Crippen LogP contribution >= 0.6 is 0 Å². The summed E-state index contributed by atoms with van der Waals surface area (Å²) in [5.41, 5.74) is 6.16. The summed E-state index contributed by atoms with van der Waals surface area (Å²) in [6, 6.07) is 6.13. The maximum atomic E-state index is 13.4. The molecule has 20 heavy (non-hydrogen) atoms. The van der Waals surface area contributed by atoms with Crippen molar-refractivity contribution in [3.8, 4) is 0 Å². The smallest absolute Gasteiger partial charge is 0.234 e. The molecule has 1 aromatic carbocycles. The number of benzene rings is 1. The maximum absolute atomic E-state index is 13.4. The predicted octanol–water partition coefficient (Wildman–Crippen LogP) is -0.164. The molecule has 1 aromatic rings. The molecule has 1 saturated heterocycles. The average Bonchev–Trinajstić information content (AvgIpc) is 2.42. The predicted molar refractivity (Wildman–Crippen MR) is 73.3 cm³/mol. The lowest BCUT2D eigenvalue weighted by atomic mass is 10.0. The Morgan fingerprint density at radius 2 is 2.25 bits per heavy atom. The van der Waals surface area contributed by atoms with Gasteiger partial charge in [0.15, 0.2) is 0 Å². The number of carbonyl (C=O) groups excluding carboxylic acids is 1. The number of likely N-dealkylation sites (tertiary alicyclic amines) is 1. The quantitative estimate of drug-likeness (QED) is 0.716. The molecule has 4 N–H and O–H groups in total. The molecule has 1 amide bonds. The first-order chi connectivity index (χ1) is 9.56. The van der Waals surface area contributed by atoms with Crippen molar-refractivity contribution in [3.63, 3.8) is 0 Å². The van der Waals surface area contributed by atoms with E-state index in [2.05, 4.69) is 5.32 Å². The molecule has 110 valence electrons. The molecule has 1 aliphatic rings. The maximum Gasteiger partial charge on any atom is 0.234 e. The Labute approximate surface area is 117 Å². The first-order valence-electron chi connectivity index (χ1n) is 6.72. The lowest BCUT2D eigenvalue weighted by molar-refractivity contribution is -0.123. The molecule has 0 saturated carbocycles. The van der Waals surface area contributed by atoms with Crippen LogP contribution in [-0.2, 0) is 11.3 Å². The van der Waals surface area contributed by atoms with Crippen LogP contribution in [-0.4, -0.2) is 47.7 Å². The third-order valence-corrected chi connectivity index (χ3v) is 3.52. The van der Waals surface area contributed by atoms with Gasteiger partial charge in [-0.15, -0.1) is 0 Å². The van der Waals surface area contributed by atoms with E-state index < -0.39 is 6.10 Å². The van der Waals surface area contributed by atoms with E-state index in [0.717, 1.165) is 0 Å². The van der Waals surface area contributed by atoms with Crippen molar-refractivity contribution in [3.05, 3.63) is 35.6 Å². The highest BCUT2D eigenvalue weighted by Crippen LogP contribution is 2.09. The Morgan fingerprint density at radius 3 is 2.95 bits per heavy atom. The number of aliphatic hydroxyl groups is 1. The summed E-state index contributed by atoms with van der Waals surface area (Å²) in [5.74, 6) is -0.511. The van der Waals surface area contributed by atoms with Crippen LogP contribution in [0.1, 0.15) is 12.0 Å². The molecule has 2 atom stereocenters. The summed E-state index contributed by atoms with van der Waals surface area (Å²) < 4.78 is 13.4. The van der Waals surface area contributed by atoms with E-state index in [1.54, 1.807) is 18.2 Å². The van der Waals surface area contributed by atoms with Gasteiger partial charge in [-0.1, -0.05) is 18.2 Å². The number of nitrogens with one attached hydrogen (secondary N) is 1. The van der Waals surface area contributed by atoms with Gasteiger partial charge >= 0.3 is 0 Å². The summed E-state index contributed by atoms with van der Waals surface area (Å²) in [7, 11) is 0. The standard InChI is InChI=1S/C14H20FN3O2/c15-11-4-2-1-3-10(11)7-17-14(20)9-18-6-5-12(16)13(19)8-18/h1-4,12-13,19H,5-9,16H2,(H,17,20)/t12-,13-/m1/s1. The SMILES string of the molecule is N[C@@H]1CCN(CC(=O)NCc2ccccc2F)C[C@H]1O. The lowest BCUT2D eigenvalue weighted by Crippen LogP contribution is -2.52. The van der Waals surface area contributed by atoms with Gasteiger partial charge in [-0.2, -0.15) is 0 Å². The fraction of sp³-hybridized carbons (Fsp3) is 0.500. The van der Waals surface area contributed by atoms with Crippen molar-refractivity contribution in [1.29, 1.82) is 0 Å². The second-order valence-electron chi connectivity index (χ2n) is 5.12. The summed E-state index contributed by atoms with van der Waals surface area (Å²) in [4.78, 5) is 13.6. The number of nitrogens with zero attached hydrogens (tertiary/aromatic N) is 1. The number of halogens is 1. The largest absolute Gasteiger partial charge is 0.390 e. The molecular weight excluding hydrogens is 261 g/mol. The lowest BCUT2D eigenvalue weighted by Gasteiger charge is -2.33. The summed E-state index contributed by atoms with van der Waals surface area (Å²) in [5, 5.41) is 12.3. The third-order valence-electron chi connectivity index (χ3n) is 3.52. The molecule has 0 aliphatic carbocycles. The number of aliphatic hydroxyl groups excluding tert-OH is 1. The fourth-order valence-corrected chi connectivity index (χ4v) is 2.25. The monoisotopic (exact) mass is 281 g/mol. The van der Waals surface area contributed by atoms with Crippen LogP contribution in [0.5, 0.6) is 0 Å². The Bertz CT molecular complexity index is 469. The van der Waals surface area contributed by atoms with E-state index >= 15 is 0 Å². The highest BCUT2D eigenvalue weighted by atomic mass is 19.1. The van der Waals surface area contributed by atoms with Gasteiger partial charge in [0.1, 0.15) is 5.82 Å². The van der Waals surface area contributed by atoms with Gasteiger partial charge in [0.25, 0.3) is 0 Å². The zero-order chi connectivity index (χ0) is 14.5. The molecule has 2 rings (SSSR count). The van der Waals surface area contributed by atoms with Gasteiger partial charge in [0.2, 0.25) is 5.91 Å². The van der Waals surface area contributed by atoms with Crippen molar-refractivity contribution in [2.75, 3.05) is 19.6 Å². The Kier molecular flexibility index (Phi) is 5.05. The normalized spacial score (nSPS) is 23.6. The molecular formula is C14H20FN3O2. The van der Waals surface area contributed by atoms with E-state index in [1.807, 2.05) is 4.90 Å². The summed E-state index contributed by atoms with van der Waals surface area (Å²) >= 11 is 0. The number of hydrogen-bond acceptors (Lipinski definition) is 4. The Balaban J connectivity index is 1.77. The van der Waals surface area contributed by atoms with E-state index in [1.165, 1.54) is 6.07 Å². The number of hydrogen-bond donors (Lipinski definition) is 3. The molecule has 0 bridgehead atoms. The molecule has 1 heterocycles. The minimum absolute atomic E-state index is 0.168. The van der Waals surface area contributed by atoms with Crippen LogP contribution in [0.3, 0.4) is 0 Å². The van der Waals surface area contributed by atoms with Crippen LogP contribution < -0.4 is 11.1 Å². The van der Waals surface area contributed by atoms with Crippen LogP contribution in [0, 0.1) is 5.82 Å². The van der Waals surface area contributed by atoms with Gasteiger partial charge in [-0.05, 0) is 12.5 Å². The molecule has 0 unspecified atom stereocenters. The highest BCUT2D eigenvalue weighted by molar-refractivity contribution is 5.78. The summed E-state index contributed by atoms with van der Waals surface area (Å²) in [6.45, 7) is 1.44. The average molecular weight is 281 g/mol. The van der Waals surface area contributed by atoms with Crippen LogP contribution in [0.25, 0.3) is 0 Å². The number of piperidine rings is 1. The van der Waals surface area contributed by atoms with Gasteiger partial charge in [-0.25, -0.2) is 4.39 Å². The van der Waals surface area contributed by atoms with Gasteiger partial charge in [0.05, 0.1) is 12.6 Å². The molecule has 0 aromatic heterocycles. The Hall–Kier alpha value is -1.50. The molecule has 0 spiro atoms. The zero-order valence-corrected chi connectivity index (χ0v) is 11.3. The van der Waals surface area contributed by atoms with Crippen molar-refractivity contribution in [2.24, 2.45) is 5.73 Å². The van der Waals surface area contributed by atoms with Gasteiger partial charge < -0.3 is 16.2 Å². The molecule has 6 heteroatoms. The Morgan fingerprint density at radius 1 is 1.50 bits per heavy atom. The van der Waals surface area contributed by atoms with Crippen molar-refractivity contribution >= 4 is 5.91 Å². The number of β-amino-alcohol motifs (C(OH)–C–C–N with tert-alkyl or cyclic N) is 1. The van der Waals surface area contributed by atoms with Crippen LogP contribution in [0.15, 0.2) is 24.3 Å². The third kappa shape index (κ3) is 4.00. The van der Waals surface area contributed by atoms with E-state index in [9.17, 15) is 14.3 Å². The molecule has 0 radical (unpaired) electrons. The second kappa shape index (κ2) is 6.78. The number of nitrogens with two attached hydrogens (primary N) is 1. The van der Waals surface area contributed by atoms with Crippen molar-refractivity contribution in [2.45, 2.75) is 25.1 Å². The first-order valence-corrected chi connectivity index (χ1v) is 6.72. The van der Waals surface area contributed by atoms with Crippen LogP contribution in [0.2, 0.25) is 0 Å². The molecule has 1 aliphatic heterocycles. The van der Waals surface area contributed by atoms with Crippen LogP contribution in [0.4, 0.5) is 4.39 Å².